The van der Waals surface area contributed by atoms with Crippen molar-refractivity contribution in [2.75, 3.05) is 13.1 Å². The normalized spacial score (nSPS) is 14.8. The van der Waals surface area contributed by atoms with Crippen molar-refractivity contribution in [3.8, 4) is 0 Å². The third-order valence-corrected chi connectivity index (χ3v) is 7.28. The molecule has 0 bridgehead atoms. The van der Waals surface area contributed by atoms with Gasteiger partial charge in [-0.2, -0.15) is 4.73 Å². The Morgan fingerprint density at radius 3 is 2.05 bits per heavy atom. The van der Waals surface area contributed by atoms with Crippen LogP contribution < -0.4 is 31.3 Å². The molecule has 4 amide bonds. The molecular weight excluding hydrogens is 536 g/mol. The number of nitrogens with zero attached hydrogens (tertiary/aromatic N) is 1. The van der Waals surface area contributed by atoms with E-state index in [1.807, 2.05) is 27.7 Å². The molecule has 1 aromatic heterocycles. The van der Waals surface area contributed by atoms with Crippen LogP contribution in [-0.2, 0) is 14.4 Å². The van der Waals surface area contributed by atoms with Crippen LogP contribution in [0.5, 0.6) is 0 Å². The van der Waals surface area contributed by atoms with E-state index in [0.29, 0.717) is 55.8 Å². The Morgan fingerprint density at radius 2 is 1.50 bits per heavy atom. The molecule has 11 nitrogen and oxygen atoms in total. The number of carbonyl (C=O) groups is 4. The maximum Gasteiger partial charge on any atom is 0.252 e. The zero-order valence-corrected chi connectivity index (χ0v) is 26.6. The van der Waals surface area contributed by atoms with E-state index >= 15 is 0 Å². The largest absolute Gasteiger partial charge is 0.619 e. The van der Waals surface area contributed by atoms with Gasteiger partial charge in [-0.05, 0) is 38.0 Å². The maximum absolute atomic E-state index is 13.5. The summed E-state index contributed by atoms with van der Waals surface area (Å²) in [4.78, 5) is 52.4. The summed E-state index contributed by atoms with van der Waals surface area (Å²) < 4.78 is 0.580. The monoisotopic (exact) mass is 590 g/mol. The Kier molecular flexibility index (Phi) is 17.4. The molecule has 0 aliphatic carbocycles. The number of pyridine rings is 1. The van der Waals surface area contributed by atoms with Crippen molar-refractivity contribution in [3.63, 3.8) is 0 Å². The third-order valence-electron chi connectivity index (χ3n) is 7.28. The molecule has 1 aromatic rings. The first-order valence-electron chi connectivity index (χ1n) is 15.6. The molecule has 0 aromatic carbocycles. The van der Waals surface area contributed by atoms with E-state index in [1.165, 1.54) is 24.5 Å². The minimum absolute atomic E-state index is 0.0439. The van der Waals surface area contributed by atoms with Gasteiger partial charge in [0.2, 0.25) is 17.7 Å². The third kappa shape index (κ3) is 13.2. The van der Waals surface area contributed by atoms with Gasteiger partial charge in [0.25, 0.3) is 5.91 Å². The lowest BCUT2D eigenvalue weighted by atomic mass is 9.97. The van der Waals surface area contributed by atoms with Gasteiger partial charge < -0.3 is 31.8 Å². The minimum Gasteiger partial charge on any atom is -0.619 e. The first-order valence-corrected chi connectivity index (χ1v) is 15.6. The number of rotatable bonds is 20. The molecule has 0 saturated carbocycles. The highest BCUT2D eigenvalue weighted by atomic mass is 16.5. The van der Waals surface area contributed by atoms with Crippen molar-refractivity contribution in [1.82, 2.24) is 26.6 Å². The molecule has 42 heavy (non-hydrogen) atoms. The molecule has 11 heteroatoms. The molecule has 0 aliphatic rings. The van der Waals surface area contributed by atoms with Crippen LogP contribution in [0.3, 0.4) is 0 Å². The van der Waals surface area contributed by atoms with Crippen LogP contribution in [0.2, 0.25) is 0 Å². The molecule has 0 radical (unpaired) electrons. The number of carbonyl (C=O) groups excluding carboxylic acids is 4. The number of nitrogens with one attached hydrogen (secondary N) is 5. The van der Waals surface area contributed by atoms with Crippen molar-refractivity contribution >= 4 is 23.6 Å². The predicted molar refractivity (Wildman–Crippen MR) is 164 cm³/mol. The zero-order chi connectivity index (χ0) is 31.7. The summed E-state index contributed by atoms with van der Waals surface area (Å²) in [6.07, 6.45) is 7.48. The van der Waals surface area contributed by atoms with Crippen molar-refractivity contribution < 1.29 is 23.9 Å². The number of aromatic nitrogens is 1. The smallest absolute Gasteiger partial charge is 0.252 e. The lowest BCUT2D eigenvalue weighted by Gasteiger charge is -2.29. The van der Waals surface area contributed by atoms with E-state index in [1.54, 1.807) is 0 Å². The van der Waals surface area contributed by atoms with Crippen LogP contribution in [0.1, 0.15) is 104 Å². The van der Waals surface area contributed by atoms with E-state index in [4.69, 9.17) is 0 Å². The van der Waals surface area contributed by atoms with Gasteiger partial charge in [0.15, 0.2) is 12.4 Å². The number of hydrogen-bond donors (Lipinski definition) is 5. The highest BCUT2D eigenvalue weighted by Gasteiger charge is 2.31. The van der Waals surface area contributed by atoms with Crippen LogP contribution in [0, 0.1) is 17.0 Å². The number of likely N-dealkylation sites (N-methyl/N-ethyl adjacent to an activating group) is 1. The molecule has 1 heterocycles. The average molecular weight is 591 g/mol. The molecule has 0 fully saturated rings. The fourth-order valence-corrected chi connectivity index (χ4v) is 4.69. The second-order valence-electron chi connectivity index (χ2n) is 11.5. The Labute approximate surface area is 251 Å². The quantitative estimate of drug-likeness (QED) is 0.116. The second kappa shape index (κ2) is 19.8. The minimum atomic E-state index is -0.862. The highest BCUT2D eigenvalue weighted by Crippen LogP contribution is 2.12. The SMILES string of the molecule is CCCC[C@H](NC[C@H](CC(C)C)NC(=O)[C@H](CCC)NC(=O)[C@@H](NC(=O)c1cc[n+]([O-])cc1)[C@H](C)CC)C(=O)NCC. The fourth-order valence-electron chi connectivity index (χ4n) is 4.69. The fraction of sp³-hybridized carbons (Fsp3) is 0.710. The van der Waals surface area contributed by atoms with Crippen LogP contribution in [0.15, 0.2) is 24.5 Å². The highest BCUT2D eigenvalue weighted by molar-refractivity contribution is 5.98. The topological polar surface area (TPSA) is 155 Å². The molecule has 0 saturated heterocycles. The summed E-state index contributed by atoms with van der Waals surface area (Å²) in [5.74, 6) is -1.14. The Hall–Kier alpha value is -3.21. The molecule has 5 N–H and O–H groups in total. The summed E-state index contributed by atoms with van der Waals surface area (Å²) in [5, 5.41) is 26.4. The van der Waals surface area contributed by atoms with E-state index in [2.05, 4.69) is 47.4 Å². The Bertz CT molecular complexity index is 971. The molecule has 238 valence electrons. The van der Waals surface area contributed by atoms with Crippen LogP contribution in [-0.4, -0.2) is 60.9 Å². The van der Waals surface area contributed by atoms with Crippen LogP contribution in [0.25, 0.3) is 0 Å². The second-order valence-corrected chi connectivity index (χ2v) is 11.5. The number of amides is 4. The Morgan fingerprint density at radius 1 is 0.833 bits per heavy atom. The lowest BCUT2D eigenvalue weighted by molar-refractivity contribution is -0.605. The molecule has 1 rings (SSSR count). The van der Waals surface area contributed by atoms with E-state index in [9.17, 15) is 24.4 Å². The average Bonchev–Trinajstić information content (AvgIpc) is 2.95. The molecule has 5 atom stereocenters. The predicted octanol–water partition coefficient (Wildman–Crippen LogP) is 2.56. The summed E-state index contributed by atoms with van der Waals surface area (Å²) >= 11 is 0. The maximum atomic E-state index is 13.5. The van der Waals surface area contributed by atoms with E-state index in [0.717, 1.165) is 12.8 Å². The van der Waals surface area contributed by atoms with Gasteiger partial charge in [-0.3, -0.25) is 19.2 Å². The van der Waals surface area contributed by atoms with Crippen molar-refractivity contribution in [2.24, 2.45) is 11.8 Å². The van der Waals surface area contributed by atoms with Crippen LogP contribution >= 0.6 is 0 Å². The first-order chi connectivity index (χ1) is 20.0. The standard InChI is InChI=1S/C31H54N6O5/c1-8-12-14-25(29(39)32-11-4)33-20-24(19-21(5)6)34-30(40)26(13-9-2)35-31(41)27(22(7)10-3)36-28(38)23-15-17-37(42)18-16-23/h15-18,21-22,24-27,33H,8-14,19-20H2,1-7H3,(H,32,39)(H,34,40)(H,35,41)(H,36,38)/t22-,24+,25+,26+,27+/m1/s1. The molecule has 0 spiro atoms. The summed E-state index contributed by atoms with van der Waals surface area (Å²) in [6, 6.07) is 0.561. The molecule has 0 unspecified atom stereocenters. The summed E-state index contributed by atoms with van der Waals surface area (Å²) in [7, 11) is 0. The number of unbranched alkanes of at least 4 members (excludes halogenated alkanes) is 1. The van der Waals surface area contributed by atoms with Gasteiger partial charge in [0.05, 0.1) is 11.6 Å². The van der Waals surface area contributed by atoms with Crippen molar-refractivity contribution in [2.45, 2.75) is 118 Å². The zero-order valence-electron chi connectivity index (χ0n) is 26.6. The lowest BCUT2D eigenvalue weighted by Crippen LogP contribution is -2.57. The van der Waals surface area contributed by atoms with Gasteiger partial charge in [0, 0.05) is 31.3 Å². The first kappa shape index (κ1) is 36.8. The van der Waals surface area contributed by atoms with E-state index < -0.39 is 23.9 Å². The van der Waals surface area contributed by atoms with Crippen molar-refractivity contribution in [1.29, 1.82) is 0 Å². The van der Waals surface area contributed by atoms with Crippen molar-refractivity contribution in [3.05, 3.63) is 35.3 Å². The van der Waals surface area contributed by atoms with Gasteiger partial charge >= 0.3 is 0 Å². The van der Waals surface area contributed by atoms with Gasteiger partial charge in [0.1, 0.15) is 12.1 Å². The molecule has 0 aliphatic heterocycles. The number of hydrogen-bond acceptors (Lipinski definition) is 6. The van der Waals surface area contributed by atoms with Gasteiger partial charge in [-0.15, -0.1) is 0 Å². The Balaban J connectivity index is 3.01. The van der Waals surface area contributed by atoms with Gasteiger partial charge in [-0.1, -0.05) is 67.2 Å². The summed E-state index contributed by atoms with van der Waals surface area (Å²) in [5.41, 5.74) is 0.264. The summed E-state index contributed by atoms with van der Waals surface area (Å²) in [6.45, 7) is 14.8. The molecular formula is C31H54N6O5. The van der Waals surface area contributed by atoms with E-state index in [-0.39, 0.29) is 35.4 Å². The van der Waals surface area contributed by atoms with Crippen LogP contribution in [0.4, 0.5) is 0 Å². The van der Waals surface area contributed by atoms with Gasteiger partial charge in [-0.25, -0.2) is 0 Å².